The number of hydrogen-bond donors (Lipinski definition) is 1. The van der Waals surface area contributed by atoms with Crippen LogP contribution >= 0.6 is 0 Å². The second kappa shape index (κ2) is 4.97. The second-order valence-corrected chi connectivity index (χ2v) is 5.19. The van der Waals surface area contributed by atoms with Crippen molar-refractivity contribution in [1.82, 2.24) is 4.90 Å². The number of likely N-dealkylation sites (tertiary alicyclic amines) is 1. The molecule has 1 saturated carbocycles. The topological polar surface area (TPSA) is 40.5 Å². The number of aliphatic carboxylic acids is 1. The summed E-state index contributed by atoms with van der Waals surface area (Å²) >= 11 is 0. The Hall–Kier alpha value is -0.570. The monoisotopic (exact) mass is 211 g/mol. The Labute approximate surface area is 91.5 Å². The van der Waals surface area contributed by atoms with Crippen LogP contribution in [-0.4, -0.2) is 35.6 Å². The fraction of sp³-hybridized carbons (Fsp3) is 0.917. The summed E-state index contributed by atoms with van der Waals surface area (Å²) in [6, 6.07) is 0. The van der Waals surface area contributed by atoms with Gasteiger partial charge in [0, 0.05) is 19.6 Å². The first-order valence-corrected chi connectivity index (χ1v) is 6.18. The molecule has 3 nitrogen and oxygen atoms in total. The molecule has 0 amide bonds. The summed E-state index contributed by atoms with van der Waals surface area (Å²) in [6.07, 6.45) is 7.35. The third-order valence-corrected chi connectivity index (χ3v) is 3.74. The normalized spacial score (nSPS) is 25.1. The van der Waals surface area contributed by atoms with Crippen molar-refractivity contribution in [3.8, 4) is 0 Å². The smallest absolute Gasteiger partial charge is 0.303 e. The van der Waals surface area contributed by atoms with Gasteiger partial charge >= 0.3 is 5.97 Å². The predicted molar refractivity (Wildman–Crippen MR) is 58.8 cm³/mol. The fourth-order valence-electron chi connectivity index (χ4n) is 2.94. The molecule has 0 aromatic heterocycles. The highest BCUT2D eigenvalue weighted by Crippen LogP contribution is 2.27. The van der Waals surface area contributed by atoms with Gasteiger partial charge < -0.3 is 10.0 Å². The van der Waals surface area contributed by atoms with Gasteiger partial charge in [-0.3, -0.25) is 4.79 Å². The summed E-state index contributed by atoms with van der Waals surface area (Å²) in [5, 5.41) is 8.64. The molecule has 1 heterocycles. The van der Waals surface area contributed by atoms with Crippen molar-refractivity contribution in [2.75, 3.05) is 19.6 Å². The van der Waals surface area contributed by atoms with Crippen molar-refractivity contribution in [3.63, 3.8) is 0 Å². The number of hydrogen-bond acceptors (Lipinski definition) is 2. The molecule has 0 aromatic carbocycles. The first-order valence-electron chi connectivity index (χ1n) is 6.18. The van der Waals surface area contributed by atoms with Crippen molar-refractivity contribution in [2.24, 2.45) is 11.8 Å². The summed E-state index contributed by atoms with van der Waals surface area (Å²) in [5.41, 5.74) is 0. The number of carbonyl (C=O) groups is 1. The van der Waals surface area contributed by atoms with Gasteiger partial charge in [-0.15, -0.1) is 0 Å². The van der Waals surface area contributed by atoms with Crippen LogP contribution in [0.5, 0.6) is 0 Å². The molecule has 0 radical (unpaired) electrons. The van der Waals surface area contributed by atoms with Crippen LogP contribution in [0.2, 0.25) is 0 Å². The molecule has 0 bridgehead atoms. The van der Waals surface area contributed by atoms with E-state index in [0.717, 1.165) is 19.0 Å². The lowest BCUT2D eigenvalue weighted by Gasteiger charge is -2.41. The van der Waals surface area contributed by atoms with Gasteiger partial charge in [-0.2, -0.15) is 0 Å². The molecule has 0 atom stereocenters. The molecular formula is C12H21NO2. The fourth-order valence-corrected chi connectivity index (χ4v) is 2.94. The molecule has 0 unspecified atom stereocenters. The Morgan fingerprint density at radius 2 is 1.80 bits per heavy atom. The Morgan fingerprint density at radius 1 is 1.13 bits per heavy atom. The molecule has 15 heavy (non-hydrogen) atoms. The summed E-state index contributed by atoms with van der Waals surface area (Å²) < 4.78 is 0. The molecule has 1 aliphatic heterocycles. The van der Waals surface area contributed by atoms with Crippen LogP contribution in [0.1, 0.15) is 38.5 Å². The van der Waals surface area contributed by atoms with E-state index in [1.54, 1.807) is 0 Å². The average molecular weight is 211 g/mol. The molecule has 2 aliphatic rings. The van der Waals surface area contributed by atoms with E-state index in [2.05, 4.69) is 4.90 Å². The maximum Gasteiger partial charge on any atom is 0.303 e. The maximum atomic E-state index is 10.5. The standard InChI is InChI=1S/C12H21NO2/c14-12(15)6-11-8-13(9-11)7-10-4-2-1-3-5-10/h10-11H,1-9H2,(H,14,15). The lowest BCUT2D eigenvalue weighted by atomic mass is 9.87. The minimum atomic E-state index is -0.641. The van der Waals surface area contributed by atoms with Gasteiger partial charge in [0.05, 0.1) is 6.42 Å². The molecule has 2 rings (SSSR count). The van der Waals surface area contributed by atoms with Gasteiger partial charge in [-0.25, -0.2) is 0 Å². The van der Waals surface area contributed by atoms with Crippen LogP contribution in [0.25, 0.3) is 0 Å². The van der Waals surface area contributed by atoms with Gasteiger partial charge in [0.25, 0.3) is 0 Å². The van der Waals surface area contributed by atoms with Crippen molar-refractivity contribution < 1.29 is 9.90 Å². The van der Waals surface area contributed by atoms with E-state index in [0.29, 0.717) is 12.3 Å². The van der Waals surface area contributed by atoms with Gasteiger partial charge in [-0.05, 0) is 24.7 Å². The quantitative estimate of drug-likeness (QED) is 0.773. The Morgan fingerprint density at radius 3 is 2.40 bits per heavy atom. The zero-order valence-electron chi connectivity index (χ0n) is 9.32. The number of rotatable bonds is 4. The molecule has 2 fully saturated rings. The molecule has 1 aliphatic carbocycles. The number of carboxylic acid groups (broad SMARTS) is 1. The molecule has 1 saturated heterocycles. The van der Waals surface area contributed by atoms with Crippen molar-refractivity contribution in [1.29, 1.82) is 0 Å². The van der Waals surface area contributed by atoms with Crippen LogP contribution < -0.4 is 0 Å². The third kappa shape index (κ3) is 3.20. The van der Waals surface area contributed by atoms with Gasteiger partial charge in [0.1, 0.15) is 0 Å². The number of nitrogens with zero attached hydrogens (tertiary/aromatic N) is 1. The molecule has 86 valence electrons. The van der Waals surface area contributed by atoms with Crippen LogP contribution in [0.4, 0.5) is 0 Å². The maximum absolute atomic E-state index is 10.5. The van der Waals surface area contributed by atoms with Gasteiger partial charge in [0.15, 0.2) is 0 Å². The van der Waals surface area contributed by atoms with Crippen molar-refractivity contribution in [3.05, 3.63) is 0 Å². The molecule has 0 spiro atoms. The van der Waals surface area contributed by atoms with Gasteiger partial charge in [-0.1, -0.05) is 19.3 Å². The number of carboxylic acids is 1. The highest BCUT2D eigenvalue weighted by Gasteiger charge is 2.30. The average Bonchev–Trinajstić information content (AvgIpc) is 2.15. The summed E-state index contributed by atoms with van der Waals surface area (Å²) in [5.74, 6) is 0.674. The highest BCUT2D eigenvalue weighted by atomic mass is 16.4. The second-order valence-electron chi connectivity index (χ2n) is 5.19. The van der Waals surface area contributed by atoms with Crippen LogP contribution in [0.15, 0.2) is 0 Å². The summed E-state index contributed by atoms with van der Waals surface area (Å²) in [6.45, 7) is 3.25. The van der Waals surface area contributed by atoms with Crippen LogP contribution in [-0.2, 0) is 4.79 Å². The molecule has 1 N–H and O–H groups in total. The first kappa shape index (κ1) is 10.9. The zero-order chi connectivity index (χ0) is 10.7. The van der Waals surface area contributed by atoms with E-state index in [4.69, 9.17) is 5.11 Å². The lowest BCUT2D eigenvalue weighted by molar-refractivity contribution is -0.139. The van der Waals surface area contributed by atoms with E-state index in [1.165, 1.54) is 38.6 Å². The molecule has 0 aromatic rings. The third-order valence-electron chi connectivity index (χ3n) is 3.74. The Balaban J connectivity index is 1.60. The lowest BCUT2D eigenvalue weighted by Crippen LogP contribution is -2.49. The molecular weight excluding hydrogens is 190 g/mol. The van der Waals surface area contributed by atoms with E-state index >= 15 is 0 Å². The zero-order valence-corrected chi connectivity index (χ0v) is 9.32. The minimum Gasteiger partial charge on any atom is -0.481 e. The van der Waals surface area contributed by atoms with Gasteiger partial charge in [0.2, 0.25) is 0 Å². The SMILES string of the molecule is O=C(O)CC1CN(CC2CCCCC2)C1. The summed E-state index contributed by atoms with van der Waals surface area (Å²) in [7, 11) is 0. The van der Waals surface area contributed by atoms with E-state index < -0.39 is 5.97 Å². The molecule has 3 heteroatoms. The predicted octanol–water partition coefficient (Wildman–Crippen LogP) is 1.97. The van der Waals surface area contributed by atoms with Crippen molar-refractivity contribution >= 4 is 5.97 Å². The van der Waals surface area contributed by atoms with E-state index in [-0.39, 0.29) is 0 Å². The van der Waals surface area contributed by atoms with E-state index in [1.807, 2.05) is 0 Å². The minimum absolute atomic E-state index is 0.362. The summed E-state index contributed by atoms with van der Waals surface area (Å²) in [4.78, 5) is 12.9. The van der Waals surface area contributed by atoms with Crippen molar-refractivity contribution in [2.45, 2.75) is 38.5 Å². The Kier molecular flexibility index (Phi) is 3.62. The largest absolute Gasteiger partial charge is 0.481 e. The first-order chi connectivity index (χ1) is 7.24. The van der Waals surface area contributed by atoms with E-state index in [9.17, 15) is 4.79 Å². The van der Waals surface area contributed by atoms with Crippen LogP contribution in [0.3, 0.4) is 0 Å². The van der Waals surface area contributed by atoms with Crippen LogP contribution in [0, 0.1) is 11.8 Å². The Bertz CT molecular complexity index is 218. The highest BCUT2D eigenvalue weighted by molar-refractivity contribution is 5.67.